The lowest BCUT2D eigenvalue weighted by molar-refractivity contribution is -0.129. The van der Waals surface area contributed by atoms with Gasteiger partial charge in [-0.05, 0) is 55.8 Å². The van der Waals surface area contributed by atoms with Crippen molar-refractivity contribution < 1.29 is 23.1 Å². The highest BCUT2D eigenvalue weighted by Crippen LogP contribution is 2.15. The number of hydrogen-bond acceptors (Lipinski definition) is 6. The van der Waals surface area contributed by atoms with Crippen molar-refractivity contribution in [1.82, 2.24) is 15.0 Å². The number of hydrogen-bond donors (Lipinski definition) is 3. The van der Waals surface area contributed by atoms with Gasteiger partial charge in [0.15, 0.2) is 0 Å². The van der Waals surface area contributed by atoms with Crippen molar-refractivity contribution in [2.24, 2.45) is 5.10 Å². The van der Waals surface area contributed by atoms with Gasteiger partial charge in [-0.15, -0.1) is 0 Å². The molecule has 0 atom stereocenters. The molecule has 0 radical (unpaired) electrons. The molecule has 0 spiro atoms. The monoisotopic (exact) mass is 432 g/mol. The number of amides is 2. The number of hydrazone groups is 1. The fourth-order valence-electron chi connectivity index (χ4n) is 2.60. The highest BCUT2D eigenvalue weighted by atomic mass is 32.2. The van der Waals surface area contributed by atoms with Crippen LogP contribution in [0.1, 0.15) is 29.8 Å². The van der Waals surface area contributed by atoms with Crippen LogP contribution in [0.3, 0.4) is 0 Å². The average molecular weight is 433 g/mol. The Morgan fingerprint density at radius 1 is 1.07 bits per heavy atom. The largest absolute Gasteiger partial charge is 0.508 e. The number of phenols is 1. The van der Waals surface area contributed by atoms with E-state index in [0.29, 0.717) is 18.7 Å². The molecule has 9 nitrogen and oxygen atoms in total. The molecule has 0 aliphatic heterocycles. The quantitative estimate of drug-likeness (QED) is 0.406. The van der Waals surface area contributed by atoms with Crippen molar-refractivity contribution in [2.75, 3.05) is 19.6 Å². The molecular formula is C20H24N4O5S. The third kappa shape index (κ3) is 6.13. The summed E-state index contributed by atoms with van der Waals surface area (Å²) in [4.78, 5) is 25.8. The Balaban J connectivity index is 2.12. The van der Waals surface area contributed by atoms with E-state index in [0.717, 1.165) is 0 Å². The van der Waals surface area contributed by atoms with Crippen LogP contribution >= 0.6 is 0 Å². The molecule has 3 N–H and O–H groups in total. The molecule has 0 aliphatic rings. The van der Waals surface area contributed by atoms with Crippen LogP contribution in [0.5, 0.6) is 5.75 Å². The van der Waals surface area contributed by atoms with Gasteiger partial charge in [0.05, 0.1) is 23.2 Å². The Labute approximate surface area is 175 Å². The number of carbonyl (C=O) groups is 2. The van der Waals surface area contributed by atoms with Crippen LogP contribution in [0.4, 0.5) is 0 Å². The molecule has 0 saturated carbocycles. The van der Waals surface area contributed by atoms with E-state index in [-0.39, 0.29) is 22.1 Å². The molecular weight excluding hydrogens is 408 g/mol. The summed E-state index contributed by atoms with van der Waals surface area (Å²) in [6, 6.07) is 11.8. The third-order valence-electron chi connectivity index (χ3n) is 4.22. The van der Waals surface area contributed by atoms with Gasteiger partial charge in [-0.3, -0.25) is 9.59 Å². The second-order valence-electron chi connectivity index (χ2n) is 6.18. The lowest BCUT2D eigenvalue weighted by atomic mass is 10.2. The first-order valence-corrected chi connectivity index (χ1v) is 10.8. The molecule has 0 fully saturated rings. The summed E-state index contributed by atoms with van der Waals surface area (Å²) in [7, 11) is -4.10. The molecule has 0 heterocycles. The summed E-state index contributed by atoms with van der Waals surface area (Å²) in [5.41, 5.74) is 2.80. The van der Waals surface area contributed by atoms with Gasteiger partial charge in [0.1, 0.15) is 5.75 Å². The second-order valence-corrected chi connectivity index (χ2v) is 7.91. The van der Waals surface area contributed by atoms with Crippen LogP contribution in [-0.2, 0) is 14.8 Å². The molecule has 10 heteroatoms. The topological polar surface area (TPSA) is 128 Å². The summed E-state index contributed by atoms with van der Waals surface area (Å²) in [5.74, 6) is -0.979. The fraction of sp³-hybridized carbons (Fsp3) is 0.250. The number of benzene rings is 2. The van der Waals surface area contributed by atoms with Gasteiger partial charge in [0, 0.05) is 13.1 Å². The van der Waals surface area contributed by atoms with Gasteiger partial charge < -0.3 is 10.0 Å². The molecule has 160 valence electrons. The van der Waals surface area contributed by atoms with E-state index in [9.17, 15) is 23.1 Å². The van der Waals surface area contributed by atoms with E-state index in [1.807, 2.05) is 0 Å². The normalized spacial score (nSPS) is 11.4. The zero-order chi connectivity index (χ0) is 22.1. The highest BCUT2D eigenvalue weighted by molar-refractivity contribution is 7.89. The Morgan fingerprint density at radius 2 is 1.70 bits per heavy atom. The zero-order valence-electron chi connectivity index (χ0n) is 16.7. The van der Waals surface area contributed by atoms with E-state index < -0.39 is 22.5 Å². The van der Waals surface area contributed by atoms with Gasteiger partial charge >= 0.3 is 0 Å². The third-order valence-corrected chi connectivity index (χ3v) is 5.68. The first kappa shape index (κ1) is 23.0. The van der Waals surface area contributed by atoms with Crippen LogP contribution in [0.25, 0.3) is 0 Å². The summed E-state index contributed by atoms with van der Waals surface area (Å²) in [6.07, 6.45) is 1.36. The minimum Gasteiger partial charge on any atom is -0.508 e. The maximum atomic E-state index is 12.7. The minimum absolute atomic E-state index is 0.0993. The van der Waals surface area contributed by atoms with Crippen LogP contribution in [0.15, 0.2) is 58.5 Å². The standard InChI is InChI=1S/C20H24N4O5S/c1-3-24(4-2)19(26)14-22-30(28,29)18-8-6-5-7-17(18)20(27)23-21-13-15-9-11-16(25)12-10-15/h5-13,22,25H,3-4,14H2,1-2H3,(H,23,27). The van der Waals surface area contributed by atoms with Gasteiger partial charge in [0.2, 0.25) is 15.9 Å². The molecule has 2 rings (SSSR count). The van der Waals surface area contributed by atoms with Crippen molar-refractivity contribution in [2.45, 2.75) is 18.7 Å². The summed E-state index contributed by atoms with van der Waals surface area (Å²) in [6.45, 7) is 4.13. The maximum Gasteiger partial charge on any atom is 0.272 e. The number of nitrogens with one attached hydrogen (secondary N) is 2. The van der Waals surface area contributed by atoms with E-state index in [1.165, 1.54) is 47.5 Å². The van der Waals surface area contributed by atoms with E-state index in [4.69, 9.17) is 0 Å². The van der Waals surface area contributed by atoms with Gasteiger partial charge in [-0.1, -0.05) is 12.1 Å². The molecule has 2 amide bonds. The summed E-state index contributed by atoms with van der Waals surface area (Å²) >= 11 is 0. The Bertz CT molecular complexity index is 1020. The predicted molar refractivity (Wildman–Crippen MR) is 113 cm³/mol. The minimum atomic E-state index is -4.10. The Kier molecular flexibility index (Phi) is 8.07. The lowest BCUT2D eigenvalue weighted by Crippen LogP contribution is -2.40. The fourth-order valence-corrected chi connectivity index (χ4v) is 3.77. The maximum absolute atomic E-state index is 12.7. The molecule has 0 saturated heterocycles. The van der Waals surface area contributed by atoms with Crippen molar-refractivity contribution >= 4 is 28.1 Å². The van der Waals surface area contributed by atoms with Gasteiger partial charge in [-0.25, -0.2) is 18.6 Å². The Morgan fingerprint density at radius 3 is 2.33 bits per heavy atom. The van der Waals surface area contributed by atoms with Crippen LogP contribution < -0.4 is 10.1 Å². The number of likely N-dealkylation sites (N-methyl/N-ethyl adjacent to an activating group) is 1. The first-order chi connectivity index (χ1) is 14.3. The molecule has 0 bridgehead atoms. The number of aromatic hydroxyl groups is 1. The number of rotatable bonds is 9. The molecule has 0 unspecified atom stereocenters. The number of nitrogens with zero attached hydrogens (tertiary/aromatic N) is 2. The number of carbonyl (C=O) groups excluding carboxylic acids is 2. The van der Waals surface area contributed by atoms with Crippen LogP contribution in [0.2, 0.25) is 0 Å². The van der Waals surface area contributed by atoms with E-state index >= 15 is 0 Å². The molecule has 0 aliphatic carbocycles. The van der Waals surface area contributed by atoms with Crippen LogP contribution in [-0.4, -0.2) is 56.1 Å². The van der Waals surface area contributed by atoms with Crippen molar-refractivity contribution in [1.29, 1.82) is 0 Å². The SMILES string of the molecule is CCN(CC)C(=O)CNS(=O)(=O)c1ccccc1C(=O)NN=Cc1ccc(O)cc1. The van der Waals surface area contributed by atoms with Gasteiger partial charge in [0.25, 0.3) is 5.91 Å². The Hall–Kier alpha value is -3.24. The number of sulfonamides is 1. The highest BCUT2D eigenvalue weighted by Gasteiger charge is 2.23. The molecule has 2 aromatic rings. The lowest BCUT2D eigenvalue weighted by Gasteiger charge is -2.19. The summed E-state index contributed by atoms with van der Waals surface area (Å²) in [5, 5.41) is 13.1. The first-order valence-electron chi connectivity index (χ1n) is 9.27. The van der Waals surface area contributed by atoms with Crippen molar-refractivity contribution in [3.05, 3.63) is 59.7 Å². The smallest absolute Gasteiger partial charge is 0.272 e. The number of phenolic OH excluding ortho intramolecular Hbond substituents is 1. The molecule has 30 heavy (non-hydrogen) atoms. The zero-order valence-corrected chi connectivity index (χ0v) is 17.5. The van der Waals surface area contributed by atoms with Crippen molar-refractivity contribution in [3.8, 4) is 5.75 Å². The summed E-state index contributed by atoms with van der Waals surface area (Å²) < 4.78 is 27.6. The average Bonchev–Trinajstić information content (AvgIpc) is 2.74. The van der Waals surface area contributed by atoms with Gasteiger partial charge in [-0.2, -0.15) is 5.10 Å². The van der Waals surface area contributed by atoms with E-state index in [2.05, 4.69) is 15.2 Å². The molecule has 2 aromatic carbocycles. The van der Waals surface area contributed by atoms with E-state index in [1.54, 1.807) is 26.0 Å². The second kappa shape index (κ2) is 10.5. The van der Waals surface area contributed by atoms with Crippen LogP contribution in [0, 0.1) is 0 Å². The molecule has 0 aromatic heterocycles. The predicted octanol–water partition coefficient (Wildman–Crippen LogP) is 1.30. The van der Waals surface area contributed by atoms with Crippen molar-refractivity contribution in [3.63, 3.8) is 0 Å².